The minimum Gasteiger partial charge on any atom is -0.465 e. The van der Waals surface area contributed by atoms with Gasteiger partial charge in [0.1, 0.15) is 0 Å². The Morgan fingerprint density at radius 2 is 1.87 bits per heavy atom. The summed E-state index contributed by atoms with van der Waals surface area (Å²) in [7, 11) is 1.38. The number of carbonyl (C=O) groups excluding carboxylic acids is 2. The molecular weight excluding hydrogens is 376 g/mol. The van der Waals surface area contributed by atoms with E-state index in [0.717, 1.165) is 42.5 Å². The molecule has 0 saturated carbocycles. The maximum Gasteiger partial charge on any atom is 0.337 e. The number of aromatic nitrogens is 1. The van der Waals surface area contributed by atoms with Gasteiger partial charge in [-0.15, -0.1) is 0 Å². The van der Waals surface area contributed by atoms with Gasteiger partial charge in [0, 0.05) is 29.6 Å². The number of H-pyrrole nitrogens is 1. The molecule has 1 unspecified atom stereocenters. The molecule has 0 fully saturated rings. The molecule has 30 heavy (non-hydrogen) atoms. The van der Waals surface area contributed by atoms with Crippen LogP contribution in [0.1, 0.15) is 65.8 Å². The highest BCUT2D eigenvalue weighted by atomic mass is 16.5. The average molecular weight is 405 g/mol. The summed E-state index contributed by atoms with van der Waals surface area (Å²) in [5.41, 5.74) is 4.97. The third kappa shape index (κ3) is 3.72. The summed E-state index contributed by atoms with van der Waals surface area (Å²) in [5, 5.41) is 1.22. The van der Waals surface area contributed by atoms with E-state index in [9.17, 15) is 9.59 Å². The number of ether oxygens (including phenoxy) is 1. The zero-order chi connectivity index (χ0) is 21.1. The molecule has 4 rings (SSSR count). The number of carbonyl (C=O) groups is 2. The lowest BCUT2D eigenvalue weighted by Crippen LogP contribution is -2.40. The van der Waals surface area contributed by atoms with E-state index in [-0.39, 0.29) is 17.9 Å². The van der Waals surface area contributed by atoms with Crippen molar-refractivity contribution in [3.63, 3.8) is 0 Å². The molecule has 0 bridgehead atoms. The summed E-state index contributed by atoms with van der Waals surface area (Å²) in [6, 6.07) is 15.5. The van der Waals surface area contributed by atoms with Crippen LogP contribution in [0.2, 0.25) is 0 Å². The molecule has 156 valence electrons. The topological polar surface area (TPSA) is 62.4 Å². The lowest BCUT2D eigenvalue weighted by molar-refractivity contribution is -0.133. The lowest BCUT2D eigenvalue weighted by atomic mass is 9.91. The van der Waals surface area contributed by atoms with Crippen molar-refractivity contribution in [1.82, 2.24) is 9.88 Å². The maximum absolute atomic E-state index is 13.1. The number of unbranched alkanes of at least 4 members (excludes halogenated alkanes) is 2. The first kappa shape index (κ1) is 20.2. The summed E-state index contributed by atoms with van der Waals surface area (Å²) in [5.74, 6) is -0.168. The van der Waals surface area contributed by atoms with Crippen molar-refractivity contribution in [3.05, 3.63) is 70.9 Å². The molecule has 1 N–H and O–H groups in total. The molecule has 1 aliphatic heterocycles. The van der Waals surface area contributed by atoms with Crippen LogP contribution >= 0.6 is 0 Å². The number of methoxy groups -OCH3 is 1. The van der Waals surface area contributed by atoms with Crippen molar-refractivity contribution >= 4 is 22.8 Å². The predicted octanol–water partition coefficient (Wildman–Crippen LogP) is 5.01. The molecule has 0 spiro atoms. The number of nitrogens with one attached hydrogen (secondary N) is 1. The van der Waals surface area contributed by atoms with Crippen LogP contribution in [0, 0.1) is 0 Å². The molecule has 0 radical (unpaired) electrons. The molecule has 5 nitrogen and oxygen atoms in total. The first-order valence-corrected chi connectivity index (χ1v) is 10.7. The molecule has 1 atom stereocenters. The predicted molar refractivity (Wildman–Crippen MR) is 117 cm³/mol. The van der Waals surface area contributed by atoms with Crippen LogP contribution in [0.25, 0.3) is 10.9 Å². The molecular formula is C25H28N2O3. The van der Waals surface area contributed by atoms with E-state index >= 15 is 0 Å². The van der Waals surface area contributed by atoms with Gasteiger partial charge in [-0.05, 0) is 42.2 Å². The second-order valence-corrected chi connectivity index (χ2v) is 7.87. The molecule has 5 heteroatoms. The molecule has 0 saturated heterocycles. The number of amides is 1. The van der Waals surface area contributed by atoms with Gasteiger partial charge in [0.2, 0.25) is 5.91 Å². The van der Waals surface area contributed by atoms with Gasteiger partial charge >= 0.3 is 5.97 Å². The SMILES string of the molecule is CCCCCC(=O)N1CCc2c([nH]c3ccccc23)C1c1ccc(C(=O)OC)cc1. The Morgan fingerprint density at radius 3 is 2.60 bits per heavy atom. The van der Waals surface area contributed by atoms with E-state index in [4.69, 9.17) is 4.74 Å². The number of benzene rings is 2. The van der Waals surface area contributed by atoms with E-state index in [1.807, 2.05) is 23.1 Å². The van der Waals surface area contributed by atoms with Gasteiger partial charge in [-0.3, -0.25) is 4.79 Å². The van der Waals surface area contributed by atoms with Gasteiger partial charge in [0.25, 0.3) is 0 Å². The van der Waals surface area contributed by atoms with Crippen molar-refractivity contribution in [2.45, 2.75) is 45.1 Å². The fourth-order valence-electron chi connectivity index (χ4n) is 4.45. The van der Waals surface area contributed by atoms with E-state index < -0.39 is 0 Å². The van der Waals surface area contributed by atoms with Gasteiger partial charge in [-0.1, -0.05) is 50.1 Å². The van der Waals surface area contributed by atoms with Crippen LogP contribution in [-0.2, 0) is 16.0 Å². The second kappa shape index (κ2) is 8.74. The second-order valence-electron chi connectivity index (χ2n) is 7.87. The Bertz CT molecular complexity index is 1050. The van der Waals surface area contributed by atoms with Crippen LogP contribution in [0.4, 0.5) is 0 Å². The number of nitrogens with zero attached hydrogens (tertiary/aromatic N) is 1. The highest BCUT2D eigenvalue weighted by molar-refractivity contribution is 5.89. The molecule has 2 aromatic carbocycles. The van der Waals surface area contributed by atoms with Crippen LogP contribution in [-0.4, -0.2) is 35.4 Å². The summed E-state index contributed by atoms with van der Waals surface area (Å²) in [6.45, 7) is 2.84. The Kier molecular flexibility index (Phi) is 5.88. The van der Waals surface area contributed by atoms with Gasteiger partial charge in [-0.25, -0.2) is 4.79 Å². The number of fused-ring (bicyclic) bond motifs is 3. The molecule has 1 aromatic heterocycles. The van der Waals surface area contributed by atoms with E-state index in [1.165, 1.54) is 18.1 Å². The Hall–Kier alpha value is -3.08. The summed E-state index contributed by atoms with van der Waals surface area (Å²) >= 11 is 0. The summed E-state index contributed by atoms with van der Waals surface area (Å²) in [6.07, 6.45) is 4.49. The minimum absolute atomic E-state index is 0.179. The van der Waals surface area contributed by atoms with Gasteiger partial charge in [0.15, 0.2) is 0 Å². The van der Waals surface area contributed by atoms with Crippen molar-refractivity contribution in [2.24, 2.45) is 0 Å². The Labute approximate surface area is 177 Å². The average Bonchev–Trinajstić information content (AvgIpc) is 3.17. The van der Waals surface area contributed by atoms with Crippen molar-refractivity contribution in [1.29, 1.82) is 0 Å². The highest BCUT2D eigenvalue weighted by Crippen LogP contribution is 2.38. The zero-order valence-electron chi connectivity index (χ0n) is 17.6. The van der Waals surface area contributed by atoms with Gasteiger partial charge < -0.3 is 14.6 Å². The van der Waals surface area contributed by atoms with E-state index in [1.54, 1.807) is 12.1 Å². The third-order valence-corrected chi connectivity index (χ3v) is 6.00. The molecule has 2 heterocycles. The Balaban J connectivity index is 1.74. The molecule has 1 aliphatic rings. The standard InChI is InChI=1S/C25H28N2O3/c1-3-4-5-10-22(28)27-16-15-20-19-8-6-7-9-21(19)26-23(20)24(27)17-11-13-18(14-12-17)25(29)30-2/h6-9,11-14,24,26H,3-5,10,15-16H2,1-2H3. The normalized spacial score (nSPS) is 15.8. The number of rotatable bonds is 6. The smallest absolute Gasteiger partial charge is 0.337 e. The van der Waals surface area contributed by atoms with Crippen LogP contribution < -0.4 is 0 Å². The first-order chi connectivity index (χ1) is 14.6. The number of hydrogen-bond acceptors (Lipinski definition) is 3. The number of hydrogen-bond donors (Lipinski definition) is 1. The fourth-order valence-corrected chi connectivity index (χ4v) is 4.45. The number of esters is 1. The first-order valence-electron chi connectivity index (χ1n) is 10.7. The third-order valence-electron chi connectivity index (χ3n) is 6.00. The number of para-hydroxylation sites is 1. The summed E-state index contributed by atoms with van der Waals surface area (Å²) < 4.78 is 4.82. The van der Waals surface area contributed by atoms with Crippen molar-refractivity contribution in [2.75, 3.05) is 13.7 Å². The molecule has 1 amide bonds. The minimum atomic E-state index is -0.357. The van der Waals surface area contributed by atoms with Crippen LogP contribution in [0.5, 0.6) is 0 Å². The van der Waals surface area contributed by atoms with Crippen LogP contribution in [0.3, 0.4) is 0 Å². The maximum atomic E-state index is 13.1. The monoisotopic (exact) mass is 404 g/mol. The lowest BCUT2D eigenvalue weighted by Gasteiger charge is -2.36. The van der Waals surface area contributed by atoms with E-state index in [0.29, 0.717) is 18.5 Å². The molecule has 0 aliphatic carbocycles. The van der Waals surface area contributed by atoms with E-state index in [2.05, 4.69) is 30.1 Å². The summed E-state index contributed by atoms with van der Waals surface area (Å²) in [4.78, 5) is 30.6. The highest BCUT2D eigenvalue weighted by Gasteiger charge is 2.34. The van der Waals surface area contributed by atoms with Gasteiger partial charge in [0.05, 0.1) is 18.7 Å². The van der Waals surface area contributed by atoms with Crippen molar-refractivity contribution in [3.8, 4) is 0 Å². The Morgan fingerprint density at radius 1 is 1.10 bits per heavy atom. The van der Waals surface area contributed by atoms with Crippen molar-refractivity contribution < 1.29 is 14.3 Å². The molecule has 3 aromatic rings. The van der Waals surface area contributed by atoms with Gasteiger partial charge in [-0.2, -0.15) is 0 Å². The zero-order valence-corrected chi connectivity index (χ0v) is 17.6. The fraction of sp³-hybridized carbons (Fsp3) is 0.360. The largest absolute Gasteiger partial charge is 0.465 e. The van der Waals surface area contributed by atoms with Crippen LogP contribution in [0.15, 0.2) is 48.5 Å². The number of aromatic amines is 1. The quantitative estimate of drug-likeness (QED) is 0.464.